The molecule has 1 aromatic heterocycles. The van der Waals surface area contributed by atoms with Crippen LogP contribution in [0.3, 0.4) is 0 Å². The van der Waals surface area contributed by atoms with Crippen LogP contribution in [0.4, 0.5) is 5.69 Å². The minimum Gasteiger partial charge on any atom is -0.423 e. The number of benzene rings is 3. The molecule has 3 atom stereocenters. The zero-order valence-corrected chi connectivity index (χ0v) is 23.4. The molecule has 1 fully saturated rings. The molecule has 0 unspecified atom stereocenters. The Bertz CT molecular complexity index is 1650. The van der Waals surface area contributed by atoms with E-state index in [2.05, 4.69) is 36.2 Å². The van der Waals surface area contributed by atoms with Gasteiger partial charge < -0.3 is 9.84 Å². The number of aryl methyl sites for hydroxylation is 1. The molecule has 0 bridgehead atoms. The lowest BCUT2D eigenvalue weighted by Crippen LogP contribution is -2.50. The fraction of sp³-hybridized carbons (Fsp3) is 0.257. The van der Waals surface area contributed by atoms with Gasteiger partial charge in [0.1, 0.15) is 11.4 Å². The van der Waals surface area contributed by atoms with Gasteiger partial charge in [0.05, 0.1) is 16.2 Å². The summed E-state index contributed by atoms with van der Waals surface area (Å²) in [7, 11) is 0. The van der Waals surface area contributed by atoms with Crippen molar-refractivity contribution < 1.29 is 19.6 Å². The lowest BCUT2D eigenvalue weighted by atomic mass is 9.51. The van der Waals surface area contributed by atoms with Crippen LogP contribution < -0.4 is 4.74 Å². The summed E-state index contributed by atoms with van der Waals surface area (Å²) in [5, 5.41) is 23.3. The maximum Gasteiger partial charge on any atom is 0.343 e. The van der Waals surface area contributed by atoms with E-state index in [1.807, 2.05) is 48.5 Å². The number of pyridine rings is 1. The van der Waals surface area contributed by atoms with Crippen LogP contribution >= 0.6 is 0 Å². The van der Waals surface area contributed by atoms with Gasteiger partial charge >= 0.3 is 5.97 Å². The first-order valence-corrected chi connectivity index (χ1v) is 14.3. The number of hydrogen-bond acceptors (Lipinski definition) is 6. The molecule has 1 N–H and O–H groups in total. The van der Waals surface area contributed by atoms with Crippen LogP contribution in [0.25, 0.3) is 6.08 Å². The van der Waals surface area contributed by atoms with Gasteiger partial charge in [0, 0.05) is 23.7 Å². The Morgan fingerprint density at radius 2 is 1.83 bits per heavy atom. The standard InChI is InChI=1S/C35H32N2O5/c1-2-34-22-28(20-24-8-4-3-5-9-24)35(39,32-10-6-7-19-36-32)23-27(34)14-11-26-21-30(17-18-31(26)34)42-33(38)25-12-15-29(16-13-25)37(40)41/h3-10,12-13,15-21,27,39H,2,11,14,22-23H2,1H3/b28-20+/t27-,34-,35+/m1/s1. The summed E-state index contributed by atoms with van der Waals surface area (Å²) in [5.74, 6) is 0.126. The van der Waals surface area contributed by atoms with E-state index < -0.39 is 16.5 Å². The topological polar surface area (TPSA) is 103 Å². The number of nitro benzene ring substituents is 1. The predicted octanol–water partition coefficient (Wildman–Crippen LogP) is 7.18. The molecule has 2 aliphatic carbocycles. The van der Waals surface area contributed by atoms with E-state index in [-0.39, 0.29) is 22.6 Å². The number of non-ortho nitro benzene ring substituents is 1. The molecule has 6 rings (SSSR count). The first-order chi connectivity index (χ1) is 20.3. The molecule has 42 heavy (non-hydrogen) atoms. The molecule has 1 heterocycles. The average molecular weight is 561 g/mol. The quantitative estimate of drug-likeness (QED) is 0.116. The molecule has 2 aliphatic rings. The summed E-state index contributed by atoms with van der Waals surface area (Å²) in [6, 6.07) is 27.1. The zero-order valence-electron chi connectivity index (χ0n) is 23.4. The van der Waals surface area contributed by atoms with Gasteiger partial charge in [-0.2, -0.15) is 0 Å². The molecule has 7 nitrogen and oxygen atoms in total. The van der Waals surface area contributed by atoms with Crippen molar-refractivity contribution in [2.24, 2.45) is 5.92 Å². The molecule has 0 saturated heterocycles. The molecule has 0 spiro atoms. The highest BCUT2D eigenvalue weighted by atomic mass is 16.6. The molecular weight excluding hydrogens is 528 g/mol. The number of carbonyl (C=O) groups excluding carboxylic acids is 1. The minimum absolute atomic E-state index is 0.0807. The molecule has 4 aromatic rings. The molecular formula is C35H32N2O5. The van der Waals surface area contributed by atoms with Crippen molar-refractivity contribution in [3.63, 3.8) is 0 Å². The Balaban J connectivity index is 1.34. The van der Waals surface area contributed by atoms with E-state index in [1.165, 1.54) is 29.8 Å². The van der Waals surface area contributed by atoms with Crippen molar-refractivity contribution in [1.29, 1.82) is 0 Å². The monoisotopic (exact) mass is 560 g/mol. The molecule has 1 saturated carbocycles. The van der Waals surface area contributed by atoms with Gasteiger partial charge in [0.25, 0.3) is 5.69 Å². The van der Waals surface area contributed by atoms with Crippen LogP contribution in [-0.4, -0.2) is 21.0 Å². The lowest BCUT2D eigenvalue weighted by Gasteiger charge is -2.54. The summed E-state index contributed by atoms with van der Waals surface area (Å²) in [5.41, 5.74) is 3.86. The lowest BCUT2D eigenvalue weighted by molar-refractivity contribution is -0.384. The molecule has 0 aliphatic heterocycles. The van der Waals surface area contributed by atoms with Gasteiger partial charge in [-0.15, -0.1) is 0 Å². The number of aromatic nitrogens is 1. The second kappa shape index (κ2) is 11.0. The normalized spacial score (nSPS) is 24.0. The van der Waals surface area contributed by atoms with Crippen molar-refractivity contribution in [1.82, 2.24) is 4.98 Å². The molecule has 3 aromatic carbocycles. The third-order valence-electron chi connectivity index (χ3n) is 9.12. The number of nitrogens with zero attached hydrogens (tertiary/aromatic N) is 2. The predicted molar refractivity (Wildman–Crippen MR) is 160 cm³/mol. The van der Waals surface area contributed by atoms with Gasteiger partial charge in [-0.05, 0) is 96.7 Å². The Morgan fingerprint density at radius 1 is 1.07 bits per heavy atom. The average Bonchev–Trinajstić information content (AvgIpc) is 3.02. The number of nitro groups is 1. The Kier molecular flexibility index (Phi) is 7.21. The Morgan fingerprint density at radius 3 is 2.52 bits per heavy atom. The fourth-order valence-corrected chi connectivity index (χ4v) is 6.95. The smallest absolute Gasteiger partial charge is 0.343 e. The van der Waals surface area contributed by atoms with E-state index in [1.54, 1.807) is 6.20 Å². The van der Waals surface area contributed by atoms with E-state index in [0.29, 0.717) is 24.3 Å². The number of esters is 1. The number of fused-ring (bicyclic) bond motifs is 3. The van der Waals surface area contributed by atoms with E-state index in [9.17, 15) is 20.0 Å². The van der Waals surface area contributed by atoms with Crippen LogP contribution in [0.1, 0.15) is 65.3 Å². The highest BCUT2D eigenvalue weighted by Gasteiger charge is 2.54. The van der Waals surface area contributed by atoms with Gasteiger partial charge in [-0.3, -0.25) is 15.1 Å². The summed E-state index contributed by atoms with van der Waals surface area (Å²) in [4.78, 5) is 27.8. The number of carbonyl (C=O) groups is 1. The maximum absolute atomic E-state index is 12.8. The van der Waals surface area contributed by atoms with E-state index >= 15 is 0 Å². The first-order valence-electron chi connectivity index (χ1n) is 14.3. The van der Waals surface area contributed by atoms with Crippen LogP contribution in [0, 0.1) is 16.0 Å². The number of hydrogen-bond donors (Lipinski definition) is 1. The zero-order chi connectivity index (χ0) is 29.3. The SMILES string of the molecule is CC[C@@]12C/C(=C\c3ccccc3)[C@](O)(c3ccccn3)C[C@H]1CCc1cc(OC(=O)c3ccc([N+](=O)[O-])cc3)ccc12. The van der Waals surface area contributed by atoms with Gasteiger partial charge in [-0.25, -0.2) is 4.79 Å². The Hall–Kier alpha value is -4.62. The van der Waals surface area contributed by atoms with Crippen molar-refractivity contribution in [2.45, 2.75) is 50.0 Å². The summed E-state index contributed by atoms with van der Waals surface area (Å²) >= 11 is 0. The van der Waals surface area contributed by atoms with E-state index in [4.69, 9.17) is 4.74 Å². The largest absolute Gasteiger partial charge is 0.423 e. The van der Waals surface area contributed by atoms with Crippen LogP contribution in [0.15, 0.2) is 103 Å². The summed E-state index contributed by atoms with van der Waals surface area (Å²) in [6.07, 6.45) is 7.73. The van der Waals surface area contributed by atoms with Crippen molar-refractivity contribution in [3.8, 4) is 5.75 Å². The fourth-order valence-electron chi connectivity index (χ4n) is 6.95. The van der Waals surface area contributed by atoms with Crippen molar-refractivity contribution >= 4 is 17.7 Å². The minimum atomic E-state index is -1.17. The maximum atomic E-state index is 12.8. The number of aliphatic hydroxyl groups is 1. The summed E-state index contributed by atoms with van der Waals surface area (Å²) in [6.45, 7) is 2.22. The Labute approximate surface area is 244 Å². The summed E-state index contributed by atoms with van der Waals surface area (Å²) < 4.78 is 5.69. The number of ether oxygens (including phenoxy) is 1. The van der Waals surface area contributed by atoms with Crippen LogP contribution in [0.5, 0.6) is 5.75 Å². The molecule has 0 radical (unpaired) electrons. The van der Waals surface area contributed by atoms with Crippen LogP contribution in [0.2, 0.25) is 0 Å². The van der Waals surface area contributed by atoms with Crippen LogP contribution in [-0.2, 0) is 17.4 Å². The highest BCUT2D eigenvalue weighted by molar-refractivity contribution is 5.91. The third kappa shape index (κ3) is 4.90. The van der Waals surface area contributed by atoms with E-state index in [0.717, 1.165) is 36.0 Å². The molecule has 7 heteroatoms. The third-order valence-corrected chi connectivity index (χ3v) is 9.12. The second-order valence-electron chi connectivity index (χ2n) is 11.3. The van der Waals surface area contributed by atoms with Crippen molar-refractivity contribution in [3.05, 3.63) is 141 Å². The second-order valence-corrected chi connectivity index (χ2v) is 11.3. The molecule has 0 amide bonds. The van der Waals surface area contributed by atoms with Crippen molar-refractivity contribution in [2.75, 3.05) is 0 Å². The van der Waals surface area contributed by atoms with Gasteiger partial charge in [-0.1, -0.05) is 55.5 Å². The number of rotatable bonds is 6. The van der Waals surface area contributed by atoms with Gasteiger partial charge in [0.15, 0.2) is 0 Å². The first kappa shape index (κ1) is 27.5. The highest BCUT2D eigenvalue weighted by Crippen LogP contribution is 2.58. The molecule has 212 valence electrons. The van der Waals surface area contributed by atoms with Gasteiger partial charge in [0.2, 0.25) is 0 Å².